The first-order chi connectivity index (χ1) is 11.7. The fourth-order valence-electron chi connectivity index (χ4n) is 3.57. The highest BCUT2D eigenvalue weighted by Crippen LogP contribution is 2.29. The summed E-state index contributed by atoms with van der Waals surface area (Å²) in [6.45, 7) is 5.45. The van der Waals surface area contributed by atoms with E-state index in [2.05, 4.69) is 27.6 Å². The Kier molecular flexibility index (Phi) is 4.61. The molecule has 1 aromatic heterocycles. The highest BCUT2D eigenvalue weighted by molar-refractivity contribution is 7.99. The molecule has 3 aliphatic heterocycles. The number of fused-ring (bicyclic) bond motifs is 3. The van der Waals surface area contributed by atoms with Crippen LogP contribution in [0.2, 0.25) is 0 Å². The Balaban J connectivity index is 1.38. The molecule has 1 aromatic carbocycles. The SMILES string of the molecule is Cc1cc(Sc2ccc(C(=O)NC3CN4CCC3CC4)cc2)ns1. The van der Waals surface area contributed by atoms with Gasteiger partial charge >= 0.3 is 0 Å². The van der Waals surface area contributed by atoms with Gasteiger partial charge in [-0.2, -0.15) is 4.37 Å². The second kappa shape index (κ2) is 6.86. The van der Waals surface area contributed by atoms with Crippen LogP contribution in [-0.2, 0) is 0 Å². The van der Waals surface area contributed by atoms with Crippen LogP contribution in [-0.4, -0.2) is 40.9 Å². The van der Waals surface area contributed by atoms with Gasteiger partial charge in [0.05, 0.1) is 0 Å². The Morgan fingerprint density at radius 2 is 2.04 bits per heavy atom. The van der Waals surface area contributed by atoms with E-state index in [4.69, 9.17) is 0 Å². The Bertz CT molecular complexity index is 720. The third-order valence-corrected chi connectivity index (χ3v) is 6.65. The molecular formula is C18H21N3OS2. The quantitative estimate of drug-likeness (QED) is 0.908. The minimum atomic E-state index is 0.0507. The summed E-state index contributed by atoms with van der Waals surface area (Å²) in [4.78, 5) is 17.3. The highest BCUT2D eigenvalue weighted by atomic mass is 32.2. The average molecular weight is 360 g/mol. The summed E-state index contributed by atoms with van der Waals surface area (Å²) in [5, 5.41) is 4.26. The van der Waals surface area contributed by atoms with Gasteiger partial charge in [0.15, 0.2) is 0 Å². The molecule has 0 saturated carbocycles. The van der Waals surface area contributed by atoms with E-state index in [9.17, 15) is 4.79 Å². The lowest BCUT2D eigenvalue weighted by Crippen LogP contribution is -2.57. The molecule has 3 fully saturated rings. The molecule has 2 aromatic rings. The number of hydrogen-bond acceptors (Lipinski definition) is 5. The summed E-state index contributed by atoms with van der Waals surface area (Å²) in [6.07, 6.45) is 2.43. The molecule has 3 saturated heterocycles. The maximum Gasteiger partial charge on any atom is 0.251 e. The number of nitrogens with one attached hydrogen (secondary N) is 1. The third-order valence-electron chi connectivity index (χ3n) is 4.92. The minimum absolute atomic E-state index is 0.0507. The van der Waals surface area contributed by atoms with Gasteiger partial charge in [0.2, 0.25) is 0 Å². The van der Waals surface area contributed by atoms with Crippen molar-refractivity contribution in [2.75, 3.05) is 19.6 Å². The molecule has 1 amide bonds. The summed E-state index contributed by atoms with van der Waals surface area (Å²) in [5.41, 5.74) is 0.741. The van der Waals surface area contributed by atoms with Gasteiger partial charge in [-0.05, 0) is 80.6 Å². The smallest absolute Gasteiger partial charge is 0.251 e. The van der Waals surface area contributed by atoms with Crippen LogP contribution in [0.15, 0.2) is 40.3 Å². The van der Waals surface area contributed by atoms with Crippen molar-refractivity contribution in [3.63, 3.8) is 0 Å². The summed E-state index contributed by atoms with van der Waals surface area (Å²) in [5.74, 6) is 0.705. The fraction of sp³-hybridized carbons (Fsp3) is 0.444. The van der Waals surface area contributed by atoms with Crippen LogP contribution in [0, 0.1) is 12.8 Å². The third kappa shape index (κ3) is 3.50. The van der Waals surface area contributed by atoms with Crippen molar-refractivity contribution in [2.24, 2.45) is 5.92 Å². The van der Waals surface area contributed by atoms with E-state index in [1.54, 1.807) is 11.8 Å². The molecule has 1 N–H and O–H groups in total. The maximum absolute atomic E-state index is 12.5. The zero-order valence-electron chi connectivity index (χ0n) is 13.7. The topological polar surface area (TPSA) is 45.2 Å². The van der Waals surface area contributed by atoms with Crippen molar-refractivity contribution in [2.45, 2.75) is 35.7 Å². The number of piperidine rings is 3. The summed E-state index contributed by atoms with van der Waals surface area (Å²) >= 11 is 3.15. The Morgan fingerprint density at radius 3 is 2.62 bits per heavy atom. The van der Waals surface area contributed by atoms with Gasteiger partial charge in [0.1, 0.15) is 5.03 Å². The number of aryl methyl sites for hydroxylation is 1. The van der Waals surface area contributed by atoms with Crippen molar-refractivity contribution in [1.82, 2.24) is 14.6 Å². The molecule has 6 heteroatoms. The van der Waals surface area contributed by atoms with E-state index < -0.39 is 0 Å². The second-order valence-corrected chi connectivity index (χ2v) is 8.72. The number of hydrogen-bond donors (Lipinski definition) is 1. The molecule has 2 bridgehead atoms. The molecule has 1 atom stereocenters. The van der Waals surface area contributed by atoms with Gasteiger partial charge < -0.3 is 10.2 Å². The van der Waals surface area contributed by atoms with Gasteiger partial charge in [0, 0.05) is 27.9 Å². The molecule has 126 valence electrons. The van der Waals surface area contributed by atoms with Crippen molar-refractivity contribution in [1.29, 1.82) is 0 Å². The Labute approximate surface area is 150 Å². The normalized spacial score (nSPS) is 25.6. The van der Waals surface area contributed by atoms with Crippen molar-refractivity contribution in [3.05, 3.63) is 40.8 Å². The van der Waals surface area contributed by atoms with Gasteiger partial charge in [-0.25, -0.2) is 0 Å². The largest absolute Gasteiger partial charge is 0.348 e. The molecule has 4 nitrogen and oxygen atoms in total. The van der Waals surface area contributed by atoms with E-state index in [0.29, 0.717) is 12.0 Å². The predicted octanol–water partition coefficient (Wildman–Crippen LogP) is 3.43. The molecule has 0 aliphatic carbocycles. The number of aromatic nitrogens is 1. The van der Waals surface area contributed by atoms with Crippen LogP contribution in [0.25, 0.3) is 0 Å². The minimum Gasteiger partial charge on any atom is -0.348 e. The number of nitrogens with zero attached hydrogens (tertiary/aromatic N) is 2. The molecular weight excluding hydrogens is 338 g/mol. The van der Waals surface area contributed by atoms with E-state index in [1.165, 1.54) is 42.3 Å². The van der Waals surface area contributed by atoms with E-state index in [-0.39, 0.29) is 5.91 Å². The molecule has 0 spiro atoms. The molecule has 3 aliphatic rings. The van der Waals surface area contributed by atoms with Crippen molar-refractivity contribution >= 4 is 29.2 Å². The maximum atomic E-state index is 12.5. The lowest BCUT2D eigenvalue weighted by Gasteiger charge is -2.44. The summed E-state index contributed by atoms with van der Waals surface area (Å²) in [6, 6.07) is 10.2. The van der Waals surface area contributed by atoms with Crippen LogP contribution in [0.3, 0.4) is 0 Å². The van der Waals surface area contributed by atoms with Crippen LogP contribution >= 0.6 is 23.3 Å². The molecule has 24 heavy (non-hydrogen) atoms. The number of amides is 1. The van der Waals surface area contributed by atoms with Gasteiger partial charge in [-0.15, -0.1) is 0 Å². The zero-order chi connectivity index (χ0) is 16.5. The van der Waals surface area contributed by atoms with Gasteiger partial charge in [-0.3, -0.25) is 4.79 Å². The zero-order valence-corrected chi connectivity index (χ0v) is 15.3. The van der Waals surface area contributed by atoms with Crippen LogP contribution < -0.4 is 5.32 Å². The number of rotatable bonds is 4. The van der Waals surface area contributed by atoms with Crippen molar-refractivity contribution < 1.29 is 4.79 Å². The van der Waals surface area contributed by atoms with Crippen LogP contribution in [0.5, 0.6) is 0 Å². The summed E-state index contributed by atoms with van der Waals surface area (Å²) < 4.78 is 4.39. The van der Waals surface area contributed by atoms with Crippen LogP contribution in [0.4, 0.5) is 0 Å². The Hall–Kier alpha value is -1.37. The lowest BCUT2D eigenvalue weighted by atomic mass is 9.84. The van der Waals surface area contributed by atoms with Gasteiger partial charge in [0.25, 0.3) is 5.91 Å². The second-order valence-electron chi connectivity index (χ2n) is 6.62. The monoisotopic (exact) mass is 359 g/mol. The highest BCUT2D eigenvalue weighted by Gasteiger charge is 2.34. The fourth-order valence-corrected chi connectivity index (χ4v) is 5.10. The van der Waals surface area contributed by atoms with Gasteiger partial charge in [-0.1, -0.05) is 11.8 Å². The molecule has 1 unspecified atom stereocenters. The van der Waals surface area contributed by atoms with E-state index in [0.717, 1.165) is 22.0 Å². The molecule has 4 heterocycles. The van der Waals surface area contributed by atoms with E-state index in [1.807, 2.05) is 24.3 Å². The number of carbonyl (C=O) groups excluding carboxylic acids is 1. The Morgan fingerprint density at radius 1 is 1.29 bits per heavy atom. The first-order valence-electron chi connectivity index (χ1n) is 8.42. The molecule has 0 radical (unpaired) electrons. The predicted molar refractivity (Wildman–Crippen MR) is 97.8 cm³/mol. The van der Waals surface area contributed by atoms with Crippen molar-refractivity contribution in [3.8, 4) is 0 Å². The first kappa shape index (κ1) is 16.1. The lowest BCUT2D eigenvalue weighted by molar-refractivity contribution is 0.0620. The number of benzene rings is 1. The van der Waals surface area contributed by atoms with E-state index >= 15 is 0 Å². The van der Waals surface area contributed by atoms with Crippen LogP contribution in [0.1, 0.15) is 28.1 Å². The summed E-state index contributed by atoms with van der Waals surface area (Å²) in [7, 11) is 0. The average Bonchev–Trinajstić information content (AvgIpc) is 3.01. The first-order valence-corrected chi connectivity index (χ1v) is 10.0. The number of carbonyl (C=O) groups is 1. The standard InChI is InChI=1S/C18H21N3OS2/c1-12-10-17(20-24-12)23-15-4-2-14(3-5-15)18(22)19-16-11-21-8-6-13(16)7-9-21/h2-5,10,13,16H,6-9,11H2,1H3,(H,19,22). The molecule has 5 rings (SSSR count).